The van der Waals surface area contributed by atoms with Gasteiger partial charge in [0.25, 0.3) is 0 Å². The molecule has 10 heteroatoms. The molecule has 0 aliphatic carbocycles. The summed E-state index contributed by atoms with van der Waals surface area (Å²) in [6.45, 7) is 3.52. The molecule has 2 atom stereocenters. The summed E-state index contributed by atoms with van der Waals surface area (Å²) in [5.74, 6) is -2.02. The Morgan fingerprint density at radius 3 is 2.43 bits per heavy atom. The molecule has 0 saturated heterocycles. The molecule has 196 valence electrons. The van der Waals surface area contributed by atoms with E-state index < -0.39 is 35.5 Å². The molecular formula is C27H29ClN2O7. The van der Waals surface area contributed by atoms with Crippen LogP contribution >= 0.6 is 11.6 Å². The van der Waals surface area contributed by atoms with Gasteiger partial charge in [-0.1, -0.05) is 55.3 Å². The van der Waals surface area contributed by atoms with Gasteiger partial charge in [0.1, 0.15) is 23.4 Å². The minimum atomic E-state index is -1.18. The predicted octanol–water partition coefficient (Wildman–Crippen LogP) is 3.40. The number of carbonyl (C=O) groups is 3. The van der Waals surface area contributed by atoms with Crippen LogP contribution in [-0.4, -0.2) is 42.1 Å². The van der Waals surface area contributed by atoms with Crippen LogP contribution in [0.1, 0.15) is 36.5 Å². The van der Waals surface area contributed by atoms with Crippen molar-refractivity contribution >= 4 is 40.4 Å². The molecular weight excluding hydrogens is 500 g/mol. The Kier molecular flexibility index (Phi) is 9.30. The molecule has 37 heavy (non-hydrogen) atoms. The molecule has 0 radical (unpaired) electrons. The Labute approximate surface area is 218 Å². The summed E-state index contributed by atoms with van der Waals surface area (Å²) in [5.41, 5.74) is 0.997. The number of ether oxygens (including phenoxy) is 1. The first-order valence-electron chi connectivity index (χ1n) is 11.8. The molecule has 0 saturated carbocycles. The summed E-state index contributed by atoms with van der Waals surface area (Å²) in [7, 11) is 1.44. The van der Waals surface area contributed by atoms with E-state index in [9.17, 15) is 24.3 Å². The Morgan fingerprint density at radius 1 is 1.11 bits per heavy atom. The molecule has 1 heterocycles. The van der Waals surface area contributed by atoms with Crippen molar-refractivity contribution < 1.29 is 28.6 Å². The number of aryl methyl sites for hydroxylation is 1. The molecule has 3 rings (SSSR count). The number of nitrogens with one attached hydrogen (secondary N) is 2. The zero-order valence-corrected chi connectivity index (χ0v) is 21.6. The SMILES string of the molecule is CCC[C@H](NC(=O)Cc1c(C)c2cc(Cl)c(OC)cc2oc1=O)C(=O)N[C@@H](Cc1ccccc1)C(=O)O. The highest BCUT2D eigenvalue weighted by Gasteiger charge is 2.27. The number of methoxy groups -OCH3 is 1. The van der Waals surface area contributed by atoms with Crippen molar-refractivity contribution in [2.24, 2.45) is 0 Å². The van der Waals surface area contributed by atoms with Gasteiger partial charge in [0.05, 0.1) is 24.1 Å². The van der Waals surface area contributed by atoms with Crippen molar-refractivity contribution in [3.8, 4) is 5.75 Å². The Hall–Kier alpha value is -3.85. The lowest BCUT2D eigenvalue weighted by atomic mass is 10.0. The standard InChI is InChI=1S/C27H29ClN2O7/c1-4-8-20(25(32)30-21(26(33)34)11-16-9-6-5-7-10-16)29-24(31)13-18-15(2)17-12-19(28)23(36-3)14-22(17)37-27(18)35/h5-7,9-10,12,14,20-21H,4,8,11,13H2,1-3H3,(H,29,31)(H,30,32)(H,33,34)/t20-,21-/m0/s1. The summed E-state index contributed by atoms with van der Waals surface area (Å²) < 4.78 is 10.5. The number of halogens is 1. The van der Waals surface area contributed by atoms with Crippen LogP contribution in [0, 0.1) is 6.92 Å². The van der Waals surface area contributed by atoms with E-state index in [1.165, 1.54) is 13.2 Å². The van der Waals surface area contributed by atoms with Crippen molar-refractivity contribution in [3.05, 3.63) is 74.6 Å². The van der Waals surface area contributed by atoms with Crippen molar-refractivity contribution in [3.63, 3.8) is 0 Å². The van der Waals surface area contributed by atoms with Gasteiger partial charge in [0, 0.05) is 17.9 Å². The minimum Gasteiger partial charge on any atom is -0.495 e. The predicted molar refractivity (Wildman–Crippen MR) is 139 cm³/mol. The molecule has 0 fully saturated rings. The normalized spacial score (nSPS) is 12.5. The van der Waals surface area contributed by atoms with E-state index in [1.807, 2.05) is 13.0 Å². The van der Waals surface area contributed by atoms with E-state index in [4.69, 9.17) is 20.8 Å². The van der Waals surface area contributed by atoms with Crippen LogP contribution in [0.3, 0.4) is 0 Å². The first-order chi connectivity index (χ1) is 17.6. The molecule has 2 aromatic carbocycles. The van der Waals surface area contributed by atoms with E-state index in [1.54, 1.807) is 37.3 Å². The molecule has 0 aliphatic heterocycles. The lowest BCUT2D eigenvalue weighted by molar-refractivity contribution is -0.142. The minimum absolute atomic E-state index is 0.0966. The maximum Gasteiger partial charge on any atom is 0.340 e. The molecule has 9 nitrogen and oxygen atoms in total. The number of amides is 2. The Morgan fingerprint density at radius 2 is 1.81 bits per heavy atom. The maximum absolute atomic E-state index is 12.9. The fraction of sp³-hybridized carbons (Fsp3) is 0.333. The number of rotatable bonds is 11. The highest BCUT2D eigenvalue weighted by atomic mass is 35.5. The molecule has 3 aromatic rings. The van der Waals surface area contributed by atoms with E-state index >= 15 is 0 Å². The largest absolute Gasteiger partial charge is 0.495 e. The van der Waals surface area contributed by atoms with Crippen molar-refractivity contribution in [1.82, 2.24) is 10.6 Å². The van der Waals surface area contributed by atoms with Gasteiger partial charge in [0.15, 0.2) is 0 Å². The smallest absolute Gasteiger partial charge is 0.340 e. The van der Waals surface area contributed by atoms with E-state index in [2.05, 4.69) is 10.6 Å². The number of hydrogen-bond acceptors (Lipinski definition) is 6. The number of hydrogen-bond donors (Lipinski definition) is 3. The van der Waals surface area contributed by atoms with Gasteiger partial charge in [-0.15, -0.1) is 0 Å². The van der Waals surface area contributed by atoms with Crippen molar-refractivity contribution in [2.75, 3.05) is 7.11 Å². The van der Waals surface area contributed by atoms with Gasteiger partial charge in [-0.05, 0) is 30.5 Å². The third-order valence-corrected chi connectivity index (χ3v) is 6.32. The molecule has 0 bridgehead atoms. The molecule has 0 aliphatic rings. The van der Waals surface area contributed by atoms with Crippen LogP contribution in [0.15, 0.2) is 51.7 Å². The van der Waals surface area contributed by atoms with Crippen molar-refractivity contribution in [2.45, 2.75) is 51.6 Å². The first kappa shape index (κ1) is 27.7. The topological polar surface area (TPSA) is 135 Å². The monoisotopic (exact) mass is 528 g/mol. The highest BCUT2D eigenvalue weighted by molar-refractivity contribution is 6.32. The fourth-order valence-electron chi connectivity index (χ4n) is 4.04. The van der Waals surface area contributed by atoms with E-state index in [-0.39, 0.29) is 30.4 Å². The summed E-state index contributed by atoms with van der Waals surface area (Å²) in [5, 5.41) is 15.6. The average Bonchev–Trinajstić information content (AvgIpc) is 2.86. The average molecular weight is 529 g/mol. The highest BCUT2D eigenvalue weighted by Crippen LogP contribution is 2.31. The summed E-state index contributed by atoms with van der Waals surface area (Å²) >= 11 is 6.22. The number of carbonyl (C=O) groups excluding carboxylic acids is 2. The summed E-state index contributed by atoms with van der Waals surface area (Å²) in [6, 6.07) is 9.89. The summed E-state index contributed by atoms with van der Waals surface area (Å²) in [6.07, 6.45) is 0.620. The van der Waals surface area contributed by atoms with Gasteiger partial charge in [0.2, 0.25) is 11.8 Å². The van der Waals surface area contributed by atoms with Crippen LogP contribution in [0.2, 0.25) is 5.02 Å². The van der Waals surface area contributed by atoms with E-state index in [0.717, 1.165) is 5.56 Å². The molecule has 2 amide bonds. The van der Waals surface area contributed by atoms with Gasteiger partial charge in [-0.2, -0.15) is 0 Å². The fourth-order valence-corrected chi connectivity index (χ4v) is 4.28. The number of aliphatic carboxylic acids is 1. The van der Waals surface area contributed by atoms with Crippen LogP contribution in [0.4, 0.5) is 0 Å². The number of fused-ring (bicyclic) bond motifs is 1. The first-order valence-corrected chi connectivity index (χ1v) is 12.2. The molecule has 0 unspecified atom stereocenters. The Balaban J connectivity index is 1.76. The lowest BCUT2D eigenvalue weighted by Gasteiger charge is -2.21. The number of benzene rings is 2. The van der Waals surface area contributed by atoms with Gasteiger partial charge < -0.3 is 24.9 Å². The second kappa shape index (κ2) is 12.4. The summed E-state index contributed by atoms with van der Waals surface area (Å²) in [4.78, 5) is 50.2. The van der Waals surface area contributed by atoms with Crippen LogP contribution in [0.25, 0.3) is 11.0 Å². The van der Waals surface area contributed by atoms with Gasteiger partial charge in [-0.25, -0.2) is 9.59 Å². The number of carboxylic acids is 1. The number of carboxylic acid groups (broad SMARTS) is 1. The second-order valence-corrected chi connectivity index (χ2v) is 9.06. The van der Waals surface area contributed by atoms with Gasteiger partial charge >= 0.3 is 11.6 Å². The van der Waals surface area contributed by atoms with Crippen molar-refractivity contribution in [1.29, 1.82) is 0 Å². The second-order valence-electron chi connectivity index (χ2n) is 8.65. The Bertz CT molecular complexity index is 1350. The van der Waals surface area contributed by atoms with Crippen LogP contribution < -0.4 is 21.0 Å². The maximum atomic E-state index is 12.9. The third-order valence-electron chi connectivity index (χ3n) is 6.02. The van der Waals surface area contributed by atoms with E-state index in [0.29, 0.717) is 28.1 Å². The molecule has 1 aromatic heterocycles. The molecule has 0 spiro atoms. The third kappa shape index (κ3) is 6.89. The quantitative estimate of drug-likeness (QED) is 0.324. The lowest BCUT2D eigenvalue weighted by Crippen LogP contribution is -2.52. The van der Waals surface area contributed by atoms with Gasteiger partial charge in [-0.3, -0.25) is 9.59 Å². The zero-order valence-electron chi connectivity index (χ0n) is 20.8. The van der Waals surface area contributed by atoms with Crippen LogP contribution in [0.5, 0.6) is 5.75 Å². The van der Waals surface area contributed by atoms with Crippen LogP contribution in [-0.2, 0) is 27.2 Å². The zero-order chi connectivity index (χ0) is 27.1. The molecule has 3 N–H and O–H groups in total.